The van der Waals surface area contributed by atoms with E-state index in [1.165, 1.54) is 0 Å². The number of hydrogen-bond acceptors (Lipinski definition) is 4. The van der Waals surface area contributed by atoms with Crippen LogP contribution in [0.3, 0.4) is 0 Å². The number of carbonyl (C=O) groups is 3. The first kappa shape index (κ1) is 13.5. The molecule has 0 saturated carbocycles. The zero-order valence-electron chi connectivity index (χ0n) is 10.4. The largest absolute Gasteiger partial charge is 0.464 e. The first-order valence-electron chi connectivity index (χ1n) is 5.74. The SMILES string of the molecule is CCCOC(=O)CN1C(=O)N[C@@](C)(CC)C1=O. The van der Waals surface area contributed by atoms with E-state index in [0.29, 0.717) is 19.4 Å². The normalized spacial score (nSPS) is 23.8. The fourth-order valence-electron chi connectivity index (χ4n) is 1.52. The van der Waals surface area contributed by atoms with Gasteiger partial charge in [0.05, 0.1) is 6.61 Å². The summed E-state index contributed by atoms with van der Waals surface area (Å²) in [5.74, 6) is -0.936. The quantitative estimate of drug-likeness (QED) is 0.567. The van der Waals surface area contributed by atoms with E-state index in [-0.39, 0.29) is 12.5 Å². The van der Waals surface area contributed by atoms with Gasteiger partial charge in [-0.2, -0.15) is 0 Å². The second-order valence-corrected chi connectivity index (χ2v) is 4.23. The third-order valence-corrected chi connectivity index (χ3v) is 2.81. The van der Waals surface area contributed by atoms with Crippen molar-refractivity contribution in [2.75, 3.05) is 13.2 Å². The Hall–Kier alpha value is -1.59. The maximum atomic E-state index is 11.9. The predicted octanol–water partition coefficient (Wildman–Crippen LogP) is 0.660. The molecule has 1 rings (SSSR count). The van der Waals surface area contributed by atoms with Crippen LogP contribution in [0.5, 0.6) is 0 Å². The van der Waals surface area contributed by atoms with Crippen LogP contribution < -0.4 is 5.32 Å². The Morgan fingerprint density at radius 3 is 2.53 bits per heavy atom. The van der Waals surface area contributed by atoms with Gasteiger partial charge in [0.25, 0.3) is 5.91 Å². The summed E-state index contributed by atoms with van der Waals surface area (Å²) in [4.78, 5) is 35.7. The monoisotopic (exact) mass is 242 g/mol. The van der Waals surface area contributed by atoms with E-state index in [1.807, 2.05) is 6.92 Å². The van der Waals surface area contributed by atoms with Crippen molar-refractivity contribution in [3.05, 3.63) is 0 Å². The molecule has 0 aromatic rings. The van der Waals surface area contributed by atoms with Gasteiger partial charge in [-0.1, -0.05) is 13.8 Å². The van der Waals surface area contributed by atoms with Crippen LogP contribution in [0.4, 0.5) is 4.79 Å². The molecule has 1 aliphatic heterocycles. The van der Waals surface area contributed by atoms with Crippen molar-refractivity contribution in [2.45, 2.75) is 39.2 Å². The van der Waals surface area contributed by atoms with Gasteiger partial charge in [-0.25, -0.2) is 4.79 Å². The lowest BCUT2D eigenvalue weighted by Crippen LogP contribution is -2.43. The summed E-state index contributed by atoms with van der Waals surface area (Å²) in [6, 6.07) is -0.534. The minimum Gasteiger partial charge on any atom is -0.464 e. The molecule has 1 saturated heterocycles. The molecule has 1 heterocycles. The lowest BCUT2D eigenvalue weighted by atomic mass is 9.99. The average Bonchev–Trinajstić information content (AvgIpc) is 2.51. The number of esters is 1. The molecule has 0 unspecified atom stereocenters. The first-order chi connectivity index (χ1) is 7.94. The summed E-state index contributed by atoms with van der Waals surface area (Å²) >= 11 is 0. The summed E-state index contributed by atoms with van der Waals surface area (Å²) in [5, 5.41) is 2.57. The third kappa shape index (κ3) is 2.75. The molecule has 1 atom stereocenters. The minimum atomic E-state index is -0.901. The van der Waals surface area contributed by atoms with Crippen LogP contribution in [-0.2, 0) is 14.3 Å². The molecule has 1 fully saturated rings. The summed E-state index contributed by atoms with van der Waals surface area (Å²) < 4.78 is 4.84. The molecular formula is C11H18N2O4. The summed E-state index contributed by atoms with van der Waals surface area (Å²) in [6.07, 6.45) is 1.19. The third-order valence-electron chi connectivity index (χ3n) is 2.81. The van der Waals surface area contributed by atoms with Crippen LogP contribution in [0.15, 0.2) is 0 Å². The number of nitrogens with one attached hydrogen (secondary N) is 1. The van der Waals surface area contributed by atoms with Gasteiger partial charge in [-0.05, 0) is 19.8 Å². The highest BCUT2D eigenvalue weighted by Gasteiger charge is 2.47. The number of urea groups is 1. The number of hydrogen-bond donors (Lipinski definition) is 1. The van der Waals surface area contributed by atoms with Crippen molar-refractivity contribution in [3.8, 4) is 0 Å². The van der Waals surface area contributed by atoms with E-state index >= 15 is 0 Å². The zero-order chi connectivity index (χ0) is 13.1. The second-order valence-electron chi connectivity index (χ2n) is 4.23. The highest BCUT2D eigenvalue weighted by atomic mass is 16.5. The van der Waals surface area contributed by atoms with Crippen LogP contribution in [0.25, 0.3) is 0 Å². The van der Waals surface area contributed by atoms with Gasteiger partial charge in [-0.3, -0.25) is 14.5 Å². The minimum absolute atomic E-state index is 0.299. The standard InChI is InChI=1S/C11H18N2O4/c1-4-6-17-8(14)7-13-9(15)11(3,5-2)12-10(13)16/h4-7H2,1-3H3,(H,12,16)/t11-/m0/s1. The van der Waals surface area contributed by atoms with E-state index in [9.17, 15) is 14.4 Å². The lowest BCUT2D eigenvalue weighted by Gasteiger charge is -2.18. The van der Waals surface area contributed by atoms with Crippen LogP contribution >= 0.6 is 0 Å². The molecule has 0 spiro atoms. The molecule has 0 aliphatic carbocycles. The topological polar surface area (TPSA) is 75.7 Å². The molecule has 0 aromatic carbocycles. The van der Waals surface area contributed by atoms with Crippen LogP contribution in [0.2, 0.25) is 0 Å². The van der Waals surface area contributed by atoms with Gasteiger partial charge in [-0.15, -0.1) is 0 Å². The fraction of sp³-hybridized carbons (Fsp3) is 0.727. The molecule has 1 N–H and O–H groups in total. The Morgan fingerprint density at radius 1 is 1.41 bits per heavy atom. The number of nitrogens with zero attached hydrogens (tertiary/aromatic N) is 1. The summed E-state index contributed by atoms with van der Waals surface area (Å²) in [5.41, 5.74) is -0.901. The Bertz CT molecular complexity index is 342. The maximum absolute atomic E-state index is 11.9. The first-order valence-corrected chi connectivity index (χ1v) is 5.74. The van der Waals surface area contributed by atoms with E-state index < -0.39 is 17.5 Å². The summed E-state index contributed by atoms with van der Waals surface area (Å²) in [7, 11) is 0. The maximum Gasteiger partial charge on any atom is 0.326 e. The average molecular weight is 242 g/mol. The number of carbonyl (C=O) groups excluding carboxylic acids is 3. The van der Waals surface area contributed by atoms with E-state index in [2.05, 4.69) is 5.32 Å². The van der Waals surface area contributed by atoms with E-state index in [4.69, 9.17) is 4.74 Å². The molecule has 6 heteroatoms. The van der Waals surface area contributed by atoms with Crippen molar-refractivity contribution in [1.82, 2.24) is 10.2 Å². The Balaban J connectivity index is 2.63. The molecule has 3 amide bonds. The molecule has 96 valence electrons. The summed E-state index contributed by atoms with van der Waals surface area (Å²) in [6.45, 7) is 5.30. The van der Waals surface area contributed by atoms with Crippen molar-refractivity contribution in [1.29, 1.82) is 0 Å². The van der Waals surface area contributed by atoms with Gasteiger partial charge in [0.2, 0.25) is 0 Å². The van der Waals surface area contributed by atoms with Crippen LogP contribution in [-0.4, -0.2) is 41.5 Å². The van der Waals surface area contributed by atoms with Gasteiger partial charge >= 0.3 is 12.0 Å². The van der Waals surface area contributed by atoms with Crippen molar-refractivity contribution < 1.29 is 19.1 Å². The molecule has 17 heavy (non-hydrogen) atoms. The second kappa shape index (κ2) is 5.16. The molecule has 0 bridgehead atoms. The molecule has 0 radical (unpaired) electrons. The number of rotatable bonds is 5. The van der Waals surface area contributed by atoms with Crippen molar-refractivity contribution in [3.63, 3.8) is 0 Å². The van der Waals surface area contributed by atoms with Crippen molar-refractivity contribution >= 4 is 17.9 Å². The Labute approximate surface area is 100 Å². The highest BCUT2D eigenvalue weighted by Crippen LogP contribution is 2.20. The van der Waals surface area contributed by atoms with Crippen LogP contribution in [0, 0.1) is 0 Å². The molecule has 1 aliphatic rings. The van der Waals surface area contributed by atoms with Gasteiger partial charge in [0.1, 0.15) is 12.1 Å². The number of ether oxygens (including phenoxy) is 1. The lowest BCUT2D eigenvalue weighted by molar-refractivity contribution is -0.147. The van der Waals surface area contributed by atoms with E-state index in [1.54, 1.807) is 13.8 Å². The Kier molecular flexibility index (Phi) is 4.09. The number of amides is 3. The van der Waals surface area contributed by atoms with Gasteiger partial charge in [0, 0.05) is 0 Å². The molecule has 6 nitrogen and oxygen atoms in total. The van der Waals surface area contributed by atoms with Crippen molar-refractivity contribution in [2.24, 2.45) is 0 Å². The fourth-order valence-corrected chi connectivity index (χ4v) is 1.52. The van der Waals surface area contributed by atoms with Gasteiger partial charge < -0.3 is 10.1 Å². The van der Waals surface area contributed by atoms with E-state index in [0.717, 1.165) is 4.90 Å². The predicted molar refractivity (Wildman–Crippen MR) is 60.2 cm³/mol. The highest BCUT2D eigenvalue weighted by molar-refractivity contribution is 6.08. The zero-order valence-corrected chi connectivity index (χ0v) is 10.4. The molecular weight excluding hydrogens is 224 g/mol. The smallest absolute Gasteiger partial charge is 0.326 e. The molecule has 0 aromatic heterocycles. The number of imide groups is 1. The van der Waals surface area contributed by atoms with Crippen LogP contribution in [0.1, 0.15) is 33.6 Å². The van der Waals surface area contributed by atoms with Gasteiger partial charge in [0.15, 0.2) is 0 Å². The Morgan fingerprint density at radius 2 is 2.06 bits per heavy atom.